The molecule has 0 aliphatic carbocycles. The van der Waals surface area contributed by atoms with Crippen molar-refractivity contribution in [3.05, 3.63) is 24.3 Å². The van der Waals surface area contributed by atoms with Gasteiger partial charge in [0, 0.05) is 6.54 Å². The Hall–Kier alpha value is -1.76. The van der Waals surface area contributed by atoms with Gasteiger partial charge < -0.3 is 15.4 Å². The van der Waals surface area contributed by atoms with Gasteiger partial charge in [0.05, 0.1) is 11.6 Å². The average molecular weight is 274 g/mol. The Labute approximate surface area is 107 Å². The van der Waals surface area contributed by atoms with Crippen LogP contribution in [0.3, 0.4) is 0 Å². The first-order valence-corrected chi connectivity index (χ1v) is 5.82. The fourth-order valence-electron chi connectivity index (χ4n) is 1.90. The quantitative estimate of drug-likeness (QED) is 0.887. The standard InChI is InChI=1S/C12H13F3N2O2/c13-12(14,15)19-10-4-2-1-3-9(10)17-11(18)8-5-6-16-7-8/h1-4,8,16H,5-7H2,(H,17,18). The largest absolute Gasteiger partial charge is 0.573 e. The normalized spacial score (nSPS) is 19.2. The van der Waals surface area contributed by atoms with Crippen molar-refractivity contribution in [1.29, 1.82) is 0 Å². The highest BCUT2D eigenvalue weighted by Crippen LogP contribution is 2.30. The molecule has 0 radical (unpaired) electrons. The molecule has 1 heterocycles. The molecule has 4 nitrogen and oxygen atoms in total. The smallest absolute Gasteiger partial charge is 0.404 e. The lowest BCUT2D eigenvalue weighted by Crippen LogP contribution is -2.25. The lowest BCUT2D eigenvalue weighted by Gasteiger charge is -2.15. The van der Waals surface area contributed by atoms with Crippen molar-refractivity contribution in [1.82, 2.24) is 5.32 Å². The first-order valence-electron chi connectivity index (χ1n) is 5.82. The fraction of sp³-hybridized carbons (Fsp3) is 0.417. The van der Waals surface area contributed by atoms with E-state index in [1.807, 2.05) is 0 Å². The summed E-state index contributed by atoms with van der Waals surface area (Å²) in [7, 11) is 0. The van der Waals surface area contributed by atoms with E-state index in [4.69, 9.17) is 0 Å². The maximum absolute atomic E-state index is 12.2. The van der Waals surface area contributed by atoms with Gasteiger partial charge in [0.15, 0.2) is 5.75 Å². The van der Waals surface area contributed by atoms with Crippen molar-refractivity contribution >= 4 is 11.6 Å². The third kappa shape index (κ3) is 3.85. The Kier molecular flexibility index (Phi) is 3.94. The van der Waals surface area contributed by atoms with E-state index in [0.717, 1.165) is 12.6 Å². The monoisotopic (exact) mass is 274 g/mol. The zero-order valence-electron chi connectivity index (χ0n) is 9.96. The van der Waals surface area contributed by atoms with Crippen molar-refractivity contribution in [3.8, 4) is 5.75 Å². The second-order valence-corrected chi connectivity index (χ2v) is 4.22. The number of nitrogens with one attached hydrogen (secondary N) is 2. The summed E-state index contributed by atoms with van der Waals surface area (Å²) in [6.45, 7) is 1.27. The highest BCUT2D eigenvalue weighted by Gasteiger charge is 2.32. The van der Waals surface area contributed by atoms with Crippen LogP contribution < -0.4 is 15.4 Å². The van der Waals surface area contributed by atoms with Gasteiger partial charge in [0.1, 0.15) is 0 Å². The maximum atomic E-state index is 12.2. The SMILES string of the molecule is O=C(Nc1ccccc1OC(F)(F)F)C1CCNC1. The van der Waals surface area contributed by atoms with Crippen LogP contribution in [0.25, 0.3) is 0 Å². The number of rotatable bonds is 3. The summed E-state index contributed by atoms with van der Waals surface area (Å²) in [6, 6.07) is 5.48. The molecular weight excluding hydrogens is 261 g/mol. The molecule has 2 rings (SSSR count). The molecule has 1 amide bonds. The van der Waals surface area contributed by atoms with E-state index >= 15 is 0 Å². The van der Waals surface area contributed by atoms with E-state index in [9.17, 15) is 18.0 Å². The molecule has 1 aromatic rings. The second kappa shape index (κ2) is 5.48. The van der Waals surface area contributed by atoms with Gasteiger partial charge in [-0.05, 0) is 25.1 Å². The van der Waals surface area contributed by atoms with Crippen molar-refractivity contribution in [2.24, 2.45) is 5.92 Å². The van der Waals surface area contributed by atoms with E-state index in [2.05, 4.69) is 15.4 Å². The number of carbonyl (C=O) groups excluding carboxylic acids is 1. The van der Waals surface area contributed by atoms with Crippen LogP contribution in [-0.2, 0) is 4.79 Å². The number of anilines is 1. The third-order valence-electron chi connectivity index (χ3n) is 2.80. The van der Waals surface area contributed by atoms with Crippen molar-refractivity contribution in [2.45, 2.75) is 12.8 Å². The summed E-state index contributed by atoms with van der Waals surface area (Å²) >= 11 is 0. The molecule has 0 bridgehead atoms. The van der Waals surface area contributed by atoms with Crippen LogP contribution in [0.4, 0.5) is 18.9 Å². The Morgan fingerprint density at radius 1 is 1.37 bits per heavy atom. The Balaban J connectivity index is 2.09. The average Bonchev–Trinajstić information content (AvgIpc) is 2.83. The lowest BCUT2D eigenvalue weighted by molar-refractivity contribution is -0.274. The van der Waals surface area contributed by atoms with Crippen LogP contribution in [0.15, 0.2) is 24.3 Å². The zero-order chi connectivity index (χ0) is 13.9. The van der Waals surface area contributed by atoms with Crippen LogP contribution >= 0.6 is 0 Å². The number of alkyl halides is 3. The predicted molar refractivity (Wildman–Crippen MR) is 62.7 cm³/mol. The number of para-hydroxylation sites is 2. The van der Waals surface area contributed by atoms with Crippen LogP contribution in [0.1, 0.15) is 6.42 Å². The summed E-state index contributed by atoms with van der Waals surface area (Å²) in [6.07, 6.45) is -4.11. The molecule has 104 valence electrons. The number of benzene rings is 1. The molecule has 0 saturated carbocycles. The van der Waals surface area contributed by atoms with Crippen molar-refractivity contribution < 1.29 is 22.7 Å². The topological polar surface area (TPSA) is 50.4 Å². The molecule has 1 aromatic carbocycles. The van der Waals surface area contributed by atoms with E-state index in [0.29, 0.717) is 13.0 Å². The molecular formula is C12H13F3N2O2. The van der Waals surface area contributed by atoms with Gasteiger partial charge in [-0.15, -0.1) is 13.2 Å². The maximum Gasteiger partial charge on any atom is 0.573 e. The van der Waals surface area contributed by atoms with E-state index in [-0.39, 0.29) is 17.5 Å². The van der Waals surface area contributed by atoms with Gasteiger partial charge in [0.25, 0.3) is 0 Å². The zero-order valence-corrected chi connectivity index (χ0v) is 9.96. The van der Waals surface area contributed by atoms with E-state index in [1.54, 1.807) is 0 Å². The van der Waals surface area contributed by atoms with Crippen molar-refractivity contribution in [3.63, 3.8) is 0 Å². The van der Waals surface area contributed by atoms with E-state index in [1.165, 1.54) is 18.2 Å². The van der Waals surface area contributed by atoms with Gasteiger partial charge in [0.2, 0.25) is 5.91 Å². The summed E-state index contributed by atoms with van der Waals surface area (Å²) in [4.78, 5) is 11.8. The highest BCUT2D eigenvalue weighted by molar-refractivity contribution is 5.94. The third-order valence-corrected chi connectivity index (χ3v) is 2.80. The number of ether oxygens (including phenoxy) is 1. The molecule has 1 saturated heterocycles. The number of halogens is 3. The Bertz CT molecular complexity index is 457. The first kappa shape index (κ1) is 13.7. The molecule has 1 aliphatic heterocycles. The molecule has 1 aliphatic rings. The summed E-state index contributed by atoms with van der Waals surface area (Å²) in [5.41, 5.74) is 0.0247. The summed E-state index contributed by atoms with van der Waals surface area (Å²) in [5.74, 6) is -0.934. The molecule has 0 aromatic heterocycles. The minimum atomic E-state index is -4.78. The second-order valence-electron chi connectivity index (χ2n) is 4.22. The van der Waals surface area contributed by atoms with Crippen LogP contribution in [0, 0.1) is 5.92 Å². The summed E-state index contributed by atoms with van der Waals surface area (Å²) < 4.78 is 40.5. The molecule has 7 heteroatoms. The van der Waals surface area contributed by atoms with Gasteiger partial charge >= 0.3 is 6.36 Å². The molecule has 1 fully saturated rings. The number of amides is 1. The predicted octanol–water partition coefficient (Wildman–Crippen LogP) is 2.13. The molecule has 0 spiro atoms. The first-order chi connectivity index (χ1) is 8.96. The Morgan fingerprint density at radius 3 is 2.74 bits per heavy atom. The summed E-state index contributed by atoms with van der Waals surface area (Å²) in [5, 5.41) is 5.49. The van der Waals surface area contributed by atoms with Crippen LogP contribution in [-0.4, -0.2) is 25.4 Å². The van der Waals surface area contributed by atoms with Gasteiger partial charge in [-0.2, -0.15) is 0 Å². The van der Waals surface area contributed by atoms with Crippen LogP contribution in [0.5, 0.6) is 5.75 Å². The van der Waals surface area contributed by atoms with Gasteiger partial charge in [-0.25, -0.2) is 0 Å². The minimum absolute atomic E-state index is 0.0247. The van der Waals surface area contributed by atoms with Gasteiger partial charge in [-0.1, -0.05) is 12.1 Å². The fourth-order valence-corrected chi connectivity index (χ4v) is 1.90. The number of carbonyl (C=O) groups is 1. The molecule has 2 N–H and O–H groups in total. The lowest BCUT2D eigenvalue weighted by atomic mass is 10.1. The van der Waals surface area contributed by atoms with Gasteiger partial charge in [-0.3, -0.25) is 4.79 Å². The number of hydrogen-bond acceptors (Lipinski definition) is 3. The van der Waals surface area contributed by atoms with Crippen LogP contribution in [0.2, 0.25) is 0 Å². The number of hydrogen-bond donors (Lipinski definition) is 2. The molecule has 1 atom stereocenters. The minimum Gasteiger partial charge on any atom is -0.404 e. The molecule has 19 heavy (non-hydrogen) atoms. The van der Waals surface area contributed by atoms with Crippen molar-refractivity contribution in [2.75, 3.05) is 18.4 Å². The molecule has 1 unspecified atom stereocenters. The Morgan fingerprint density at radius 2 is 2.11 bits per heavy atom. The van der Waals surface area contributed by atoms with E-state index < -0.39 is 12.1 Å². The highest BCUT2D eigenvalue weighted by atomic mass is 19.4.